The van der Waals surface area contributed by atoms with E-state index in [0.717, 1.165) is 31.1 Å². The van der Waals surface area contributed by atoms with Crippen molar-refractivity contribution in [3.63, 3.8) is 0 Å². The molecule has 1 aromatic rings. The topological polar surface area (TPSA) is 32.7 Å². The zero-order chi connectivity index (χ0) is 14.0. The molecule has 3 nitrogen and oxygen atoms in total. The van der Waals surface area contributed by atoms with Crippen molar-refractivity contribution >= 4 is 0 Å². The Hall–Kier alpha value is -1.22. The molecule has 0 aromatic heterocycles. The van der Waals surface area contributed by atoms with Crippen molar-refractivity contribution in [3.8, 4) is 11.5 Å². The van der Waals surface area contributed by atoms with Crippen LogP contribution in [0.3, 0.4) is 0 Å². The Bertz CT molecular complexity index is 437. The van der Waals surface area contributed by atoms with E-state index >= 15 is 0 Å². The molecule has 1 saturated heterocycles. The lowest BCUT2D eigenvalue weighted by Gasteiger charge is -2.27. The lowest BCUT2D eigenvalue weighted by Crippen LogP contribution is -2.25. The fraction of sp³-hybridized carbons (Fsp3) is 0.625. The van der Waals surface area contributed by atoms with Gasteiger partial charge in [-0.25, -0.2) is 0 Å². The number of benzene rings is 1. The summed E-state index contributed by atoms with van der Waals surface area (Å²) in [6.45, 7) is 10.2. The molecule has 0 aliphatic carbocycles. The van der Waals surface area contributed by atoms with Gasteiger partial charge in [-0.3, -0.25) is 4.90 Å². The molecule has 1 fully saturated rings. The molecule has 1 aliphatic rings. The van der Waals surface area contributed by atoms with Crippen LogP contribution in [-0.2, 0) is 6.54 Å². The first-order chi connectivity index (χ1) is 8.90. The minimum atomic E-state index is 0.228. The summed E-state index contributed by atoms with van der Waals surface area (Å²) in [5.74, 6) is 1.53. The molecule has 1 N–H and O–H groups in total. The Morgan fingerprint density at radius 1 is 1.37 bits per heavy atom. The highest BCUT2D eigenvalue weighted by molar-refractivity contribution is 5.41. The van der Waals surface area contributed by atoms with Gasteiger partial charge in [0.05, 0.1) is 7.11 Å². The fourth-order valence-electron chi connectivity index (χ4n) is 2.78. The van der Waals surface area contributed by atoms with E-state index in [2.05, 4.69) is 25.7 Å². The number of rotatable bonds is 3. The smallest absolute Gasteiger partial charge is 0.160 e. The fourth-order valence-corrected chi connectivity index (χ4v) is 2.78. The highest BCUT2D eigenvalue weighted by Gasteiger charge is 2.31. The van der Waals surface area contributed by atoms with Crippen molar-refractivity contribution in [2.45, 2.75) is 33.7 Å². The van der Waals surface area contributed by atoms with Crippen LogP contribution in [0.25, 0.3) is 0 Å². The van der Waals surface area contributed by atoms with Gasteiger partial charge in [-0.15, -0.1) is 0 Å². The van der Waals surface area contributed by atoms with Gasteiger partial charge >= 0.3 is 0 Å². The molecule has 0 saturated carbocycles. The molecule has 1 aliphatic heterocycles. The normalized spacial score (nSPS) is 20.7. The number of phenolic OH excluding ortho intramolecular Hbond substituents is 1. The molecule has 2 rings (SSSR count). The van der Waals surface area contributed by atoms with Crippen LogP contribution in [0.15, 0.2) is 18.2 Å². The van der Waals surface area contributed by atoms with Crippen LogP contribution in [0, 0.1) is 11.3 Å². The van der Waals surface area contributed by atoms with Crippen LogP contribution < -0.4 is 4.74 Å². The van der Waals surface area contributed by atoms with Crippen LogP contribution in [0.1, 0.15) is 32.8 Å². The van der Waals surface area contributed by atoms with Crippen LogP contribution in [0.5, 0.6) is 11.5 Å². The molecule has 106 valence electrons. The second-order valence-electron chi connectivity index (χ2n) is 6.59. The Morgan fingerprint density at radius 2 is 2.11 bits per heavy atom. The lowest BCUT2D eigenvalue weighted by molar-refractivity contribution is 0.226. The number of methoxy groups -OCH3 is 1. The SMILES string of the molecule is COc1ccc(CN2CCC(C(C)(C)C)C2)cc1O. The molecule has 1 unspecified atom stereocenters. The summed E-state index contributed by atoms with van der Waals surface area (Å²) in [4.78, 5) is 2.47. The van der Waals surface area contributed by atoms with Gasteiger partial charge in [0.25, 0.3) is 0 Å². The van der Waals surface area contributed by atoms with Gasteiger partial charge in [-0.05, 0) is 42.0 Å². The zero-order valence-electron chi connectivity index (χ0n) is 12.4. The summed E-state index contributed by atoms with van der Waals surface area (Å²) in [5.41, 5.74) is 1.53. The van der Waals surface area contributed by atoms with Gasteiger partial charge in [-0.1, -0.05) is 26.8 Å². The average Bonchev–Trinajstić information content (AvgIpc) is 2.77. The van der Waals surface area contributed by atoms with E-state index in [1.54, 1.807) is 7.11 Å². The molecular weight excluding hydrogens is 238 g/mol. The maximum Gasteiger partial charge on any atom is 0.160 e. The predicted molar refractivity (Wildman–Crippen MR) is 77.5 cm³/mol. The van der Waals surface area contributed by atoms with Gasteiger partial charge in [0.1, 0.15) is 0 Å². The van der Waals surface area contributed by atoms with Crippen LogP contribution >= 0.6 is 0 Å². The van der Waals surface area contributed by atoms with Crippen LogP contribution in [0.2, 0.25) is 0 Å². The Labute approximate surface area is 116 Å². The first kappa shape index (κ1) is 14.2. The summed E-state index contributed by atoms with van der Waals surface area (Å²) in [6, 6.07) is 5.67. The number of aromatic hydroxyl groups is 1. The number of hydrogen-bond acceptors (Lipinski definition) is 3. The Morgan fingerprint density at radius 3 is 2.63 bits per heavy atom. The third-order valence-corrected chi connectivity index (χ3v) is 4.15. The molecule has 1 aromatic carbocycles. The predicted octanol–water partition coefficient (Wildman–Crippen LogP) is 3.27. The molecule has 3 heteroatoms. The van der Waals surface area contributed by atoms with E-state index in [9.17, 15) is 5.11 Å². The first-order valence-electron chi connectivity index (χ1n) is 6.98. The minimum Gasteiger partial charge on any atom is -0.504 e. The molecule has 19 heavy (non-hydrogen) atoms. The number of phenols is 1. The molecule has 0 spiro atoms. The van der Waals surface area contributed by atoms with E-state index < -0.39 is 0 Å². The van der Waals surface area contributed by atoms with Crippen molar-refractivity contribution in [2.24, 2.45) is 11.3 Å². The second-order valence-corrected chi connectivity index (χ2v) is 6.59. The average molecular weight is 263 g/mol. The minimum absolute atomic E-state index is 0.228. The number of hydrogen-bond donors (Lipinski definition) is 1. The molecule has 0 radical (unpaired) electrons. The summed E-state index contributed by atoms with van der Waals surface area (Å²) < 4.78 is 5.07. The van der Waals surface area contributed by atoms with E-state index in [1.165, 1.54) is 6.42 Å². The standard InChI is InChI=1S/C16H25NO2/c1-16(2,3)13-7-8-17(11-13)10-12-5-6-15(19-4)14(18)9-12/h5-6,9,13,18H,7-8,10-11H2,1-4H3. The zero-order valence-corrected chi connectivity index (χ0v) is 12.4. The second kappa shape index (κ2) is 5.41. The third kappa shape index (κ3) is 3.41. The highest BCUT2D eigenvalue weighted by atomic mass is 16.5. The molecule has 0 bridgehead atoms. The first-order valence-corrected chi connectivity index (χ1v) is 6.98. The van der Waals surface area contributed by atoms with Crippen molar-refractivity contribution in [2.75, 3.05) is 20.2 Å². The molecular formula is C16H25NO2. The van der Waals surface area contributed by atoms with Crippen molar-refractivity contribution in [1.29, 1.82) is 0 Å². The Kier molecular flexibility index (Phi) is 4.04. The quantitative estimate of drug-likeness (QED) is 0.908. The Balaban J connectivity index is 1.98. The summed E-state index contributed by atoms with van der Waals surface area (Å²) >= 11 is 0. The van der Waals surface area contributed by atoms with E-state index in [1.807, 2.05) is 18.2 Å². The number of ether oxygens (including phenoxy) is 1. The maximum atomic E-state index is 9.80. The summed E-state index contributed by atoms with van der Waals surface area (Å²) in [6.07, 6.45) is 1.27. The van der Waals surface area contributed by atoms with Crippen molar-refractivity contribution in [1.82, 2.24) is 4.90 Å². The number of nitrogens with zero attached hydrogens (tertiary/aromatic N) is 1. The third-order valence-electron chi connectivity index (χ3n) is 4.15. The van der Waals surface area contributed by atoms with Gasteiger partial charge in [-0.2, -0.15) is 0 Å². The number of likely N-dealkylation sites (tertiary alicyclic amines) is 1. The molecule has 0 amide bonds. The lowest BCUT2D eigenvalue weighted by atomic mass is 9.80. The van der Waals surface area contributed by atoms with Gasteiger partial charge in [0.15, 0.2) is 11.5 Å². The largest absolute Gasteiger partial charge is 0.504 e. The highest BCUT2D eigenvalue weighted by Crippen LogP contribution is 2.34. The van der Waals surface area contributed by atoms with Crippen molar-refractivity contribution in [3.05, 3.63) is 23.8 Å². The van der Waals surface area contributed by atoms with Crippen molar-refractivity contribution < 1.29 is 9.84 Å². The monoisotopic (exact) mass is 263 g/mol. The van der Waals surface area contributed by atoms with Gasteiger partial charge in [0.2, 0.25) is 0 Å². The van der Waals surface area contributed by atoms with Crippen LogP contribution in [-0.4, -0.2) is 30.2 Å². The van der Waals surface area contributed by atoms with Crippen LogP contribution in [0.4, 0.5) is 0 Å². The van der Waals surface area contributed by atoms with E-state index in [-0.39, 0.29) is 5.75 Å². The molecule has 1 atom stereocenters. The molecule has 1 heterocycles. The summed E-state index contributed by atoms with van der Waals surface area (Å²) in [7, 11) is 1.57. The summed E-state index contributed by atoms with van der Waals surface area (Å²) in [5, 5.41) is 9.80. The maximum absolute atomic E-state index is 9.80. The van der Waals surface area contributed by atoms with Gasteiger partial charge in [0, 0.05) is 13.1 Å². The van der Waals surface area contributed by atoms with Gasteiger partial charge < -0.3 is 9.84 Å². The van der Waals surface area contributed by atoms with E-state index in [4.69, 9.17) is 4.74 Å². The van der Waals surface area contributed by atoms with E-state index in [0.29, 0.717) is 11.2 Å².